The summed E-state index contributed by atoms with van der Waals surface area (Å²) in [7, 11) is -1.97. The van der Waals surface area contributed by atoms with Crippen LogP contribution < -0.4 is 10.0 Å². The van der Waals surface area contributed by atoms with Gasteiger partial charge in [0.15, 0.2) is 0 Å². The van der Waals surface area contributed by atoms with Crippen molar-refractivity contribution < 1.29 is 8.42 Å². The molecule has 0 aliphatic heterocycles. The summed E-state index contributed by atoms with van der Waals surface area (Å²) in [5.74, 6) is 0. The van der Waals surface area contributed by atoms with E-state index in [4.69, 9.17) is 5.73 Å². The number of aryl methyl sites for hydroxylation is 1. The second-order valence-electron chi connectivity index (χ2n) is 4.01. The van der Waals surface area contributed by atoms with Crippen LogP contribution in [-0.4, -0.2) is 15.5 Å². The molecule has 2 rings (SSSR count). The Balaban J connectivity index is 2.42. The minimum Gasteiger partial charge on any atom is -0.398 e. The van der Waals surface area contributed by atoms with Gasteiger partial charge in [-0.05, 0) is 30.7 Å². The molecule has 1 heterocycles. The molecule has 6 heteroatoms. The lowest BCUT2D eigenvalue weighted by atomic mass is 10.2. The Bertz CT molecular complexity index is 662. The highest BCUT2D eigenvalue weighted by Gasteiger charge is 2.22. The average Bonchev–Trinajstić information content (AvgIpc) is 2.75. The summed E-state index contributed by atoms with van der Waals surface area (Å²) in [6.45, 7) is 1.92. The molecule has 0 amide bonds. The molecule has 1 aromatic carbocycles. The molecule has 0 bridgehead atoms. The first-order valence-electron chi connectivity index (χ1n) is 5.31. The zero-order valence-corrected chi connectivity index (χ0v) is 11.8. The lowest BCUT2D eigenvalue weighted by Gasteiger charge is -2.18. The summed E-state index contributed by atoms with van der Waals surface area (Å²) in [4.78, 5) is 0. The maximum atomic E-state index is 12.3. The SMILES string of the molecule is Cc1cccc(N(C)S(=O)(=O)c2cc(N)cs2)c1. The van der Waals surface area contributed by atoms with Gasteiger partial charge in [0.2, 0.25) is 0 Å². The number of rotatable bonds is 3. The number of thiophene rings is 1. The van der Waals surface area contributed by atoms with Gasteiger partial charge in [-0.1, -0.05) is 12.1 Å². The van der Waals surface area contributed by atoms with Crippen LogP contribution >= 0.6 is 11.3 Å². The Hall–Kier alpha value is -1.53. The van der Waals surface area contributed by atoms with Gasteiger partial charge in [0.05, 0.1) is 5.69 Å². The van der Waals surface area contributed by atoms with Crippen molar-refractivity contribution in [2.75, 3.05) is 17.1 Å². The molecule has 0 saturated carbocycles. The molecule has 96 valence electrons. The summed E-state index contributed by atoms with van der Waals surface area (Å²) in [5.41, 5.74) is 7.69. The lowest BCUT2D eigenvalue weighted by Crippen LogP contribution is -2.25. The number of hydrogen-bond acceptors (Lipinski definition) is 4. The average molecular weight is 282 g/mol. The Morgan fingerprint density at radius 2 is 2.00 bits per heavy atom. The van der Waals surface area contributed by atoms with Crippen LogP contribution in [0.3, 0.4) is 0 Å². The van der Waals surface area contributed by atoms with Gasteiger partial charge in [0, 0.05) is 18.1 Å². The van der Waals surface area contributed by atoms with Crippen LogP contribution in [-0.2, 0) is 10.0 Å². The zero-order chi connectivity index (χ0) is 13.3. The maximum absolute atomic E-state index is 12.3. The van der Waals surface area contributed by atoms with Crippen LogP contribution in [0.25, 0.3) is 0 Å². The molecule has 0 atom stereocenters. The van der Waals surface area contributed by atoms with Gasteiger partial charge in [-0.15, -0.1) is 11.3 Å². The third-order valence-electron chi connectivity index (χ3n) is 2.58. The van der Waals surface area contributed by atoms with Crippen LogP contribution in [0, 0.1) is 6.92 Å². The molecule has 0 fully saturated rings. The van der Waals surface area contributed by atoms with Crippen LogP contribution in [0.15, 0.2) is 39.9 Å². The van der Waals surface area contributed by atoms with Gasteiger partial charge in [-0.25, -0.2) is 8.42 Å². The number of nitrogens with two attached hydrogens (primary N) is 1. The first kappa shape index (κ1) is 12.9. The Kier molecular flexibility index (Phi) is 3.32. The van der Waals surface area contributed by atoms with Gasteiger partial charge in [0.1, 0.15) is 4.21 Å². The van der Waals surface area contributed by atoms with E-state index in [1.165, 1.54) is 10.4 Å². The molecular weight excluding hydrogens is 268 g/mol. The number of nitrogens with zero attached hydrogens (tertiary/aromatic N) is 1. The Labute approximate surface area is 111 Å². The molecule has 2 N–H and O–H groups in total. The zero-order valence-electron chi connectivity index (χ0n) is 10.1. The highest BCUT2D eigenvalue weighted by molar-refractivity contribution is 7.94. The van der Waals surface area contributed by atoms with Crippen LogP contribution in [0.2, 0.25) is 0 Å². The predicted molar refractivity (Wildman–Crippen MR) is 75.5 cm³/mol. The van der Waals surface area contributed by atoms with E-state index in [0.717, 1.165) is 16.9 Å². The quantitative estimate of drug-likeness (QED) is 0.940. The van der Waals surface area contributed by atoms with E-state index >= 15 is 0 Å². The normalized spacial score (nSPS) is 11.4. The van der Waals surface area contributed by atoms with E-state index < -0.39 is 10.0 Å². The topological polar surface area (TPSA) is 63.4 Å². The first-order valence-corrected chi connectivity index (χ1v) is 7.63. The van der Waals surface area contributed by atoms with Gasteiger partial charge in [-0.3, -0.25) is 4.31 Å². The first-order chi connectivity index (χ1) is 8.41. The van der Waals surface area contributed by atoms with Crippen LogP contribution in [0.5, 0.6) is 0 Å². The summed E-state index contributed by atoms with van der Waals surface area (Å²) < 4.78 is 26.2. The van der Waals surface area contributed by atoms with E-state index in [2.05, 4.69) is 0 Å². The third kappa shape index (κ3) is 2.34. The Morgan fingerprint density at radius 3 is 2.56 bits per heavy atom. The molecule has 1 aromatic heterocycles. The van der Waals surface area contributed by atoms with E-state index in [1.807, 2.05) is 25.1 Å². The molecule has 2 aromatic rings. The minimum atomic E-state index is -3.52. The summed E-state index contributed by atoms with van der Waals surface area (Å²) in [6, 6.07) is 8.83. The highest BCUT2D eigenvalue weighted by atomic mass is 32.2. The number of nitrogen functional groups attached to an aromatic ring is 1. The van der Waals surface area contributed by atoms with Crippen molar-refractivity contribution in [2.24, 2.45) is 0 Å². The smallest absolute Gasteiger partial charge is 0.273 e. The highest BCUT2D eigenvalue weighted by Crippen LogP contribution is 2.27. The molecule has 0 radical (unpaired) electrons. The second-order valence-corrected chi connectivity index (χ2v) is 7.12. The molecule has 0 spiro atoms. The van der Waals surface area contributed by atoms with Gasteiger partial charge in [0.25, 0.3) is 10.0 Å². The van der Waals surface area contributed by atoms with Crippen LogP contribution in [0.1, 0.15) is 5.56 Å². The number of anilines is 2. The van der Waals surface area contributed by atoms with Crippen molar-refractivity contribution in [3.8, 4) is 0 Å². The number of sulfonamides is 1. The number of benzene rings is 1. The summed E-state index contributed by atoms with van der Waals surface area (Å²) in [5, 5.41) is 1.62. The van der Waals surface area contributed by atoms with Crippen molar-refractivity contribution in [2.45, 2.75) is 11.1 Å². The predicted octanol–water partition coefficient (Wildman–Crippen LogP) is 2.46. The molecular formula is C12H14N2O2S2. The fourth-order valence-electron chi connectivity index (χ4n) is 1.56. The fourth-order valence-corrected chi connectivity index (χ4v) is 4.00. The van der Waals surface area contributed by atoms with Gasteiger partial charge >= 0.3 is 0 Å². The largest absolute Gasteiger partial charge is 0.398 e. The monoisotopic (exact) mass is 282 g/mol. The van der Waals surface area contributed by atoms with E-state index in [1.54, 1.807) is 18.5 Å². The van der Waals surface area contributed by atoms with Crippen molar-refractivity contribution in [3.63, 3.8) is 0 Å². The van der Waals surface area contributed by atoms with Crippen LogP contribution in [0.4, 0.5) is 11.4 Å². The van der Waals surface area contributed by atoms with E-state index in [0.29, 0.717) is 11.4 Å². The van der Waals surface area contributed by atoms with Crippen molar-refractivity contribution >= 4 is 32.7 Å². The van der Waals surface area contributed by atoms with E-state index in [-0.39, 0.29) is 4.21 Å². The summed E-state index contributed by atoms with van der Waals surface area (Å²) >= 11 is 1.13. The Morgan fingerprint density at radius 1 is 1.28 bits per heavy atom. The molecule has 0 aliphatic rings. The van der Waals surface area contributed by atoms with Gasteiger partial charge in [-0.2, -0.15) is 0 Å². The number of hydrogen-bond donors (Lipinski definition) is 1. The molecule has 4 nitrogen and oxygen atoms in total. The standard InChI is InChI=1S/C12H14N2O2S2/c1-9-4-3-5-11(6-9)14(2)18(15,16)12-7-10(13)8-17-12/h3-8H,13H2,1-2H3. The minimum absolute atomic E-state index is 0.254. The summed E-state index contributed by atoms with van der Waals surface area (Å²) in [6.07, 6.45) is 0. The van der Waals surface area contributed by atoms with E-state index in [9.17, 15) is 8.42 Å². The fraction of sp³-hybridized carbons (Fsp3) is 0.167. The molecule has 0 saturated heterocycles. The van der Waals surface area contributed by atoms with Crippen molar-refractivity contribution in [3.05, 3.63) is 41.3 Å². The van der Waals surface area contributed by atoms with Crippen molar-refractivity contribution in [1.82, 2.24) is 0 Å². The lowest BCUT2D eigenvalue weighted by molar-refractivity contribution is 0.596. The molecule has 0 unspecified atom stereocenters. The van der Waals surface area contributed by atoms with Crippen molar-refractivity contribution in [1.29, 1.82) is 0 Å². The second kappa shape index (κ2) is 4.62. The molecule has 0 aliphatic carbocycles. The molecule has 18 heavy (non-hydrogen) atoms. The third-order valence-corrected chi connectivity index (χ3v) is 5.79. The maximum Gasteiger partial charge on any atom is 0.273 e. The van der Waals surface area contributed by atoms with Gasteiger partial charge < -0.3 is 5.73 Å².